The fourth-order valence-electron chi connectivity index (χ4n) is 4.87. The van der Waals surface area contributed by atoms with Gasteiger partial charge in [-0.15, -0.1) is 0 Å². The number of hydrogen-bond acceptors (Lipinski definition) is 6. The molecule has 0 amide bonds. The molecule has 3 aliphatic heterocycles. The van der Waals surface area contributed by atoms with Crippen LogP contribution < -0.4 is 9.47 Å². The van der Waals surface area contributed by atoms with Gasteiger partial charge in [-0.3, -0.25) is 14.5 Å². The van der Waals surface area contributed by atoms with Crippen LogP contribution in [-0.2, 0) is 20.7 Å². The highest BCUT2D eigenvalue weighted by Gasteiger charge is 2.56. The van der Waals surface area contributed by atoms with Crippen LogP contribution >= 0.6 is 0 Å². The van der Waals surface area contributed by atoms with Crippen LogP contribution in [0.25, 0.3) is 0 Å². The Morgan fingerprint density at radius 3 is 2.88 bits per heavy atom. The van der Waals surface area contributed by atoms with Gasteiger partial charge in [0.1, 0.15) is 0 Å². The quantitative estimate of drug-likeness (QED) is 0.727. The van der Waals surface area contributed by atoms with Crippen LogP contribution in [0.2, 0.25) is 0 Å². The molecule has 2 atom stereocenters. The highest BCUT2D eigenvalue weighted by Crippen LogP contribution is 2.53. The smallest absolute Gasteiger partial charge is 0.308 e. The standard InChI is InChI=1S/C19H19NO5/c1-11(21)25-16-9-19-4-2-5-20(19)6-3-12-7-14-15(24-10-23-14)8-13(12)17(19)18(16)22/h7-9,17H,2-6,10H2,1H3. The highest BCUT2D eigenvalue weighted by atomic mass is 16.7. The summed E-state index contributed by atoms with van der Waals surface area (Å²) in [7, 11) is 0. The van der Waals surface area contributed by atoms with Crippen molar-refractivity contribution in [3.05, 3.63) is 35.1 Å². The van der Waals surface area contributed by atoms with Gasteiger partial charge in [-0.25, -0.2) is 0 Å². The molecule has 3 heterocycles. The molecule has 1 aromatic carbocycles. The Labute approximate surface area is 145 Å². The van der Waals surface area contributed by atoms with Crippen molar-refractivity contribution in [3.8, 4) is 11.5 Å². The summed E-state index contributed by atoms with van der Waals surface area (Å²) in [5, 5.41) is 0. The van der Waals surface area contributed by atoms with Gasteiger partial charge in [-0.1, -0.05) is 0 Å². The molecule has 0 radical (unpaired) electrons. The maximum Gasteiger partial charge on any atom is 0.308 e. The molecular weight excluding hydrogens is 322 g/mol. The van der Waals surface area contributed by atoms with Crippen LogP contribution in [0.4, 0.5) is 0 Å². The lowest BCUT2D eigenvalue weighted by Crippen LogP contribution is -2.46. The van der Waals surface area contributed by atoms with Gasteiger partial charge in [0.15, 0.2) is 17.3 Å². The Morgan fingerprint density at radius 1 is 1.28 bits per heavy atom. The third-order valence-electron chi connectivity index (χ3n) is 5.83. The van der Waals surface area contributed by atoms with Crippen molar-refractivity contribution >= 4 is 11.8 Å². The molecule has 5 rings (SSSR count). The lowest BCUT2D eigenvalue weighted by molar-refractivity contribution is -0.140. The number of rotatable bonds is 1. The second-order valence-corrected chi connectivity index (χ2v) is 7.14. The normalized spacial score (nSPS) is 29.6. The van der Waals surface area contributed by atoms with Crippen molar-refractivity contribution in [2.75, 3.05) is 19.9 Å². The van der Waals surface area contributed by atoms with E-state index in [1.165, 1.54) is 6.92 Å². The first-order valence-corrected chi connectivity index (χ1v) is 8.71. The molecule has 130 valence electrons. The molecule has 4 aliphatic rings. The Bertz CT molecular complexity index is 829. The SMILES string of the molecule is CC(=O)OC1=CC23CCCN2CCc2cc4c(cc2C3C1=O)OCO4. The summed E-state index contributed by atoms with van der Waals surface area (Å²) in [4.78, 5) is 27.0. The molecule has 1 fully saturated rings. The Kier molecular flexibility index (Phi) is 3.04. The van der Waals surface area contributed by atoms with Gasteiger partial charge in [0, 0.05) is 13.5 Å². The van der Waals surface area contributed by atoms with Crippen LogP contribution in [0.1, 0.15) is 36.8 Å². The second-order valence-electron chi connectivity index (χ2n) is 7.14. The minimum atomic E-state index is -0.456. The van der Waals surface area contributed by atoms with Crippen LogP contribution in [0.5, 0.6) is 11.5 Å². The number of allylic oxidation sites excluding steroid dienone is 1. The Hall–Kier alpha value is -2.34. The summed E-state index contributed by atoms with van der Waals surface area (Å²) in [6.07, 6.45) is 4.69. The van der Waals surface area contributed by atoms with E-state index in [2.05, 4.69) is 4.90 Å². The van der Waals surface area contributed by atoms with Gasteiger partial charge >= 0.3 is 5.97 Å². The number of hydrogen-bond donors (Lipinski definition) is 0. The van der Waals surface area contributed by atoms with E-state index in [1.807, 2.05) is 18.2 Å². The van der Waals surface area contributed by atoms with E-state index in [-0.39, 0.29) is 29.8 Å². The average molecular weight is 341 g/mol. The lowest BCUT2D eigenvalue weighted by atomic mass is 9.78. The van der Waals surface area contributed by atoms with Gasteiger partial charge < -0.3 is 14.2 Å². The summed E-state index contributed by atoms with van der Waals surface area (Å²) in [6, 6.07) is 3.96. The fourth-order valence-corrected chi connectivity index (χ4v) is 4.87. The minimum Gasteiger partial charge on any atom is -0.454 e. The van der Waals surface area contributed by atoms with Gasteiger partial charge in [-0.2, -0.15) is 0 Å². The van der Waals surface area contributed by atoms with Crippen LogP contribution in [-0.4, -0.2) is 42.1 Å². The van der Waals surface area contributed by atoms with Crippen molar-refractivity contribution in [2.45, 2.75) is 37.6 Å². The summed E-state index contributed by atoms with van der Waals surface area (Å²) in [5.74, 6) is 0.709. The molecular formula is C19H19NO5. The molecule has 0 N–H and O–H groups in total. The summed E-state index contributed by atoms with van der Waals surface area (Å²) < 4.78 is 16.3. The number of benzene rings is 1. The van der Waals surface area contributed by atoms with Crippen molar-refractivity contribution in [1.29, 1.82) is 0 Å². The number of Topliss-reactive ketones (excluding diaryl/α,β-unsaturated/α-hetero) is 1. The maximum atomic E-state index is 13.2. The molecule has 0 aromatic heterocycles. The van der Waals surface area contributed by atoms with Crippen molar-refractivity contribution in [3.63, 3.8) is 0 Å². The number of carbonyl (C=O) groups is 2. The molecule has 25 heavy (non-hydrogen) atoms. The zero-order valence-electron chi connectivity index (χ0n) is 14.0. The molecule has 6 nitrogen and oxygen atoms in total. The number of ether oxygens (including phenoxy) is 3. The van der Waals surface area contributed by atoms with E-state index >= 15 is 0 Å². The fraction of sp³-hybridized carbons (Fsp3) is 0.474. The Morgan fingerprint density at radius 2 is 2.08 bits per heavy atom. The largest absolute Gasteiger partial charge is 0.454 e. The molecule has 0 saturated carbocycles. The van der Waals surface area contributed by atoms with E-state index in [0.717, 1.165) is 49.2 Å². The molecule has 1 aromatic rings. The van der Waals surface area contributed by atoms with Crippen LogP contribution in [0, 0.1) is 0 Å². The monoisotopic (exact) mass is 341 g/mol. The Balaban J connectivity index is 1.67. The third kappa shape index (κ3) is 2.00. The zero-order chi connectivity index (χ0) is 17.2. The predicted molar refractivity (Wildman–Crippen MR) is 87.4 cm³/mol. The molecule has 2 unspecified atom stereocenters. The number of esters is 1. The van der Waals surface area contributed by atoms with E-state index in [1.54, 1.807) is 0 Å². The number of ketones is 1. The van der Waals surface area contributed by atoms with Gasteiger partial charge in [0.25, 0.3) is 0 Å². The first kappa shape index (κ1) is 15.0. The molecule has 1 spiro atoms. The van der Waals surface area contributed by atoms with Crippen LogP contribution in [0.15, 0.2) is 24.0 Å². The van der Waals surface area contributed by atoms with E-state index in [0.29, 0.717) is 5.75 Å². The zero-order valence-corrected chi connectivity index (χ0v) is 14.0. The van der Waals surface area contributed by atoms with E-state index in [4.69, 9.17) is 14.2 Å². The highest BCUT2D eigenvalue weighted by molar-refractivity contribution is 6.05. The van der Waals surface area contributed by atoms with Crippen molar-refractivity contribution < 1.29 is 23.8 Å². The predicted octanol–water partition coefficient (Wildman–Crippen LogP) is 1.92. The first-order valence-electron chi connectivity index (χ1n) is 8.71. The lowest BCUT2D eigenvalue weighted by Gasteiger charge is -2.36. The van der Waals surface area contributed by atoms with E-state index < -0.39 is 5.97 Å². The van der Waals surface area contributed by atoms with E-state index in [9.17, 15) is 9.59 Å². The first-order chi connectivity index (χ1) is 12.1. The number of nitrogens with zero attached hydrogens (tertiary/aromatic N) is 1. The van der Waals surface area contributed by atoms with Crippen molar-refractivity contribution in [2.24, 2.45) is 0 Å². The second kappa shape index (κ2) is 5.08. The summed E-state index contributed by atoms with van der Waals surface area (Å²) in [5.41, 5.74) is 1.71. The van der Waals surface area contributed by atoms with Gasteiger partial charge in [0.2, 0.25) is 12.6 Å². The average Bonchev–Trinajstić information content (AvgIpc) is 3.22. The molecule has 0 bridgehead atoms. The third-order valence-corrected chi connectivity index (χ3v) is 5.83. The minimum absolute atomic E-state index is 0.107. The van der Waals surface area contributed by atoms with Crippen molar-refractivity contribution in [1.82, 2.24) is 4.90 Å². The summed E-state index contributed by atoms with van der Waals surface area (Å²) >= 11 is 0. The van der Waals surface area contributed by atoms with Crippen LogP contribution in [0.3, 0.4) is 0 Å². The summed E-state index contributed by atoms with van der Waals surface area (Å²) in [6.45, 7) is 3.37. The number of carbonyl (C=O) groups excluding carboxylic acids is 2. The molecule has 1 saturated heterocycles. The molecule has 1 aliphatic carbocycles. The van der Waals surface area contributed by atoms with Gasteiger partial charge in [0.05, 0.1) is 11.5 Å². The number of fused-ring (bicyclic) bond motifs is 3. The van der Waals surface area contributed by atoms with Gasteiger partial charge in [-0.05, 0) is 55.1 Å². The topological polar surface area (TPSA) is 65.1 Å². The maximum absolute atomic E-state index is 13.2. The molecule has 6 heteroatoms.